The first-order chi connectivity index (χ1) is 9.24. The Labute approximate surface area is 116 Å². The van der Waals surface area contributed by atoms with E-state index in [-0.39, 0.29) is 6.10 Å². The van der Waals surface area contributed by atoms with E-state index in [0.717, 1.165) is 38.2 Å². The minimum atomic E-state index is -0.324. The largest absolute Gasteiger partial charge is 0.388 e. The number of aliphatic hydroxyl groups excluding tert-OH is 1. The van der Waals surface area contributed by atoms with Crippen molar-refractivity contribution in [3.05, 3.63) is 29.8 Å². The van der Waals surface area contributed by atoms with E-state index in [9.17, 15) is 5.11 Å². The van der Waals surface area contributed by atoms with Crippen molar-refractivity contribution in [2.24, 2.45) is 0 Å². The quantitative estimate of drug-likeness (QED) is 0.884. The van der Waals surface area contributed by atoms with Gasteiger partial charge in [-0.1, -0.05) is 26.0 Å². The van der Waals surface area contributed by atoms with Gasteiger partial charge in [-0.05, 0) is 37.1 Å². The highest BCUT2D eigenvalue weighted by Gasteiger charge is 2.16. The van der Waals surface area contributed by atoms with Crippen LogP contribution in [-0.2, 0) is 0 Å². The molecule has 106 valence electrons. The average molecular weight is 262 g/mol. The van der Waals surface area contributed by atoms with Gasteiger partial charge in [0.2, 0.25) is 0 Å². The Balaban J connectivity index is 1.92. The molecule has 0 spiro atoms. The Kier molecular flexibility index (Phi) is 5.23. The molecule has 0 unspecified atom stereocenters. The molecule has 0 bridgehead atoms. The topological polar surface area (TPSA) is 26.7 Å². The van der Waals surface area contributed by atoms with Gasteiger partial charge in [0.15, 0.2) is 0 Å². The molecule has 1 aliphatic rings. The van der Waals surface area contributed by atoms with Crippen LogP contribution in [0.3, 0.4) is 0 Å². The van der Waals surface area contributed by atoms with Crippen LogP contribution in [0.4, 0.5) is 5.69 Å². The minimum absolute atomic E-state index is 0.324. The van der Waals surface area contributed by atoms with Crippen molar-refractivity contribution >= 4 is 5.69 Å². The van der Waals surface area contributed by atoms with Gasteiger partial charge >= 0.3 is 0 Å². The zero-order valence-corrected chi connectivity index (χ0v) is 12.2. The lowest BCUT2D eigenvalue weighted by molar-refractivity contribution is 0.173. The number of nitrogens with zero attached hydrogens (tertiary/aromatic N) is 2. The first-order valence-electron chi connectivity index (χ1n) is 7.50. The van der Waals surface area contributed by atoms with Gasteiger partial charge in [0.05, 0.1) is 6.10 Å². The van der Waals surface area contributed by atoms with E-state index in [4.69, 9.17) is 0 Å². The molecule has 1 saturated heterocycles. The number of aliphatic hydroxyl groups is 1. The van der Waals surface area contributed by atoms with Gasteiger partial charge < -0.3 is 10.0 Å². The summed E-state index contributed by atoms with van der Waals surface area (Å²) in [5.74, 6) is 0. The van der Waals surface area contributed by atoms with Gasteiger partial charge in [0.25, 0.3) is 0 Å². The van der Waals surface area contributed by atoms with Crippen molar-refractivity contribution < 1.29 is 5.11 Å². The summed E-state index contributed by atoms with van der Waals surface area (Å²) in [4.78, 5) is 4.97. The predicted molar refractivity (Wildman–Crippen MR) is 80.6 cm³/mol. The van der Waals surface area contributed by atoms with E-state index < -0.39 is 0 Å². The third-order valence-corrected chi connectivity index (χ3v) is 3.94. The highest BCUT2D eigenvalue weighted by Crippen LogP contribution is 2.22. The van der Waals surface area contributed by atoms with E-state index in [1.807, 2.05) is 6.92 Å². The molecule has 0 amide bonds. The van der Waals surface area contributed by atoms with Crippen LogP contribution in [0.25, 0.3) is 0 Å². The Morgan fingerprint density at radius 1 is 1.05 bits per heavy atom. The molecule has 1 N–H and O–H groups in total. The van der Waals surface area contributed by atoms with Crippen molar-refractivity contribution in [2.75, 3.05) is 37.6 Å². The Morgan fingerprint density at radius 2 is 1.68 bits per heavy atom. The second-order valence-corrected chi connectivity index (χ2v) is 5.34. The van der Waals surface area contributed by atoms with E-state index in [1.54, 1.807) is 0 Å². The van der Waals surface area contributed by atoms with Gasteiger partial charge in [0, 0.05) is 31.9 Å². The molecule has 0 aliphatic carbocycles. The highest BCUT2D eigenvalue weighted by molar-refractivity contribution is 5.48. The Morgan fingerprint density at radius 3 is 2.21 bits per heavy atom. The zero-order chi connectivity index (χ0) is 13.7. The molecule has 0 aromatic heterocycles. The van der Waals surface area contributed by atoms with E-state index in [2.05, 4.69) is 41.0 Å². The van der Waals surface area contributed by atoms with Crippen LogP contribution < -0.4 is 4.90 Å². The molecule has 1 aliphatic heterocycles. The van der Waals surface area contributed by atoms with Crippen LogP contribution >= 0.6 is 0 Å². The number of piperazine rings is 1. The molecule has 1 atom stereocenters. The van der Waals surface area contributed by atoms with Crippen molar-refractivity contribution in [3.63, 3.8) is 0 Å². The van der Waals surface area contributed by atoms with Gasteiger partial charge in [-0.3, -0.25) is 4.90 Å². The summed E-state index contributed by atoms with van der Waals surface area (Å²) in [6.45, 7) is 10.00. The molecule has 19 heavy (non-hydrogen) atoms. The fourth-order valence-corrected chi connectivity index (χ4v) is 2.69. The number of rotatable bonds is 5. The van der Waals surface area contributed by atoms with E-state index in [1.165, 1.54) is 18.7 Å². The third-order valence-electron chi connectivity index (χ3n) is 3.94. The lowest BCUT2D eigenvalue weighted by Crippen LogP contribution is -2.46. The van der Waals surface area contributed by atoms with Crippen LogP contribution in [0.1, 0.15) is 38.4 Å². The molecule has 1 aromatic rings. The van der Waals surface area contributed by atoms with E-state index >= 15 is 0 Å². The van der Waals surface area contributed by atoms with Crippen LogP contribution in [-0.4, -0.2) is 42.7 Å². The lowest BCUT2D eigenvalue weighted by Gasteiger charge is -2.36. The summed E-state index contributed by atoms with van der Waals surface area (Å²) in [6, 6.07) is 8.40. The van der Waals surface area contributed by atoms with Crippen molar-refractivity contribution in [3.8, 4) is 0 Å². The summed E-state index contributed by atoms with van der Waals surface area (Å²) in [6.07, 6.45) is 1.69. The van der Waals surface area contributed by atoms with E-state index in [0.29, 0.717) is 0 Å². The Bertz CT molecular complexity index is 369. The normalized spacial score (nSPS) is 18.6. The SMILES string of the molecule is CCCN1CCN(c2ccc([C@@H](O)CC)cc2)CC1. The van der Waals surface area contributed by atoms with Crippen molar-refractivity contribution in [2.45, 2.75) is 32.8 Å². The maximum atomic E-state index is 9.80. The highest BCUT2D eigenvalue weighted by atomic mass is 16.3. The summed E-state index contributed by atoms with van der Waals surface area (Å²) >= 11 is 0. The number of hydrogen-bond acceptors (Lipinski definition) is 3. The molecular formula is C16H26N2O. The maximum Gasteiger partial charge on any atom is 0.0787 e. The third kappa shape index (κ3) is 3.71. The lowest BCUT2D eigenvalue weighted by atomic mass is 10.1. The molecular weight excluding hydrogens is 236 g/mol. The number of hydrogen-bond donors (Lipinski definition) is 1. The van der Waals surface area contributed by atoms with Gasteiger partial charge in [-0.2, -0.15) is 0 Å². The molecule has 0 radical (unpaired) electrons. The fourth-order valence-electron chi connectivity index (χ4n) is 2.69. The van der Waals surface area contributed by atoms with Gasteiger partial charge in [0.1, 0.15) is 0 Å². The second-order valence-electron chi connectivity index (χ2n) is 5.34. The van der Waals surface area contributed by atoms with Crippen LogP contribution in [0, 0.1) is 0 Å². The first kappa shape index (κ1) is 14.4. The molecule has 3 heteroatoms. The molecule has 3 nitrogen and oxygen atoms in total. The maximum absolute atomic E-state index is 9.80. The summed E-state index contributed by atoms with van der Waals surface area (Å²) in [5.41, 5.74) is 2.30. The van der Waals surface area contributed by atoms with Gasteiger partial charge in [-0.15, -0.1) is 0 Å². The predicted octanol–water partition coefficient (Wildman–Crippen LogP) is 2.66. The summed E-state index contributed by atoms with van der Waals surface area (Å²) in [5, 5.41) is 9.80. The molecule has 1 aromatic carbocycles. The monoisotopic (exact) mass is 262 g/mol. The smallest absolute Gasteiger partial charge is 0.0787 e. The second kappa shape index (κ2) is 6.92. The molecule has 1 heterocycles. The minimum Gasteiger partial charge on any atom is -0.388 e. The van der Waals surface area contributed by atoms with Crippen LogP contribution in [0.15, 0.2) is 24.3 Å². The molecule has 2 rings (SSSR count). The summed E-state index contributed by atoms with van der Waals surface area (Å²) < 4.78 is 0. The standard InChI is InChI=1S/C16H26N2O/c1-3-9-17-10-12-18(13-11-17)15-7-5-14(6-8-15)16(19)4-2/h5-8,16,19H,3-4,9-13H2,1-2H3/t16-/m0/s1. The van der Waals surface area contributed by atoms with Crippen molar-refractivity contribution in [1.29, 1.82) is 0 Å². The molecule has 1 fully saturated rings. The van der Waals surface area contributed by atoms with Gasteiger partial charge in [-0.25, -0.2) is 0 Å². The average Bonchev–Trinajstić information content (AvgIpc) is 2.48. The first-order valence-corrected chi connectivity index (χ1v) is 7.50. The fraction of sp³-hybridized carbons (Fsp3) is 0.625. The van der Waals surface area contributed by atoms with Crippen molar-refractivity contribution in [1.82, 2.24) is 4.90 Å². The number of anilines is 1. The zero-order valence-electron chi connectivity index (χ0n) is 12.2. The Hall–Kier alpha value is -1.06. The van der Waals surface area contributed by atoms with Crippen LogP contribution in [0.2, 0.25) is 0 Å². The summed E-state index contributed by atoms with van der Waals surface area (Å²) in [7, 11) is 0. The molecule has 0 saturated carbocycles. The van der Waals surface area contributed by atoms with Crippen LogP contribution in [0.5, 0.6) is 0 Å². The number of benzene rings is 1.